The molecule has 116 valence electrons. The predicted octanol–water partition coefficient (Wildman–Crippen LogP) is 3.90. The van der Waals surface area contributed by atoms with Gasteiger partial charge in [-0.2, -0.15) is 0 Å². The molecule has 0 saturated heterocycles. The van der Waals surface area contributed by atoms with Crippen LogP contribution in [0.2, 0.25) is 0 Å². The van der Waals surface area contributed by atoms with Crippen LogP contribution in [0.15, 0.2) is 30.3 Å². The van der Waals surface area contributed by atoms with Gasteiger partial charge in [0.2, 0.25) is 0 Å². The minimum atomic E-state index is -0.478. The van der Waals surface area contributed by atoms with Gasteiger partial charge >= 0.3 is 6.09 Å². The monoisotopic (exact) mass is 291 g/mol. The molecule has 0 bridgehead atoms. The van der Waals surface area contributed by atoms with Gasteiger partial charge < -0.3 is 14.8 Å². The Kier molecular flexibility index (Phi) is 5.10. The molecule has 4 nitrogen and oxygen atoms in total. The van der Waals surface area contributed by atoms with Gasteiger partial charge in [-0.05, 0) is 52.2 Å². The summed E-state index contributed by atoms with van der Waals surface area (Å²) in [6, 6.07) is 9.76. The minimum Gasteiger partial charge on any atom is -0.488 e. The van der Waals surface area contributed by atoms with Crippen LogP contribution in [-0.4, -0.2) is 23.8 Å². The van der Waals surface area contributed by atoms with Gasteiger partial charge in [0, 0.05) is 0 Å². The van der Waals surface area contributed by atoms with Gasteiger partial charge in [-0.15, -0.1) is 0 Å². The molecule has 21 heavy (non-hydrogen) atoms. The van der Waals surface area contributed by atoms with E-state index in [0.29, 0.717) is 0 Å². The van der Waals surface area contributed by atoms with Crippen molar-refractivity contribution in [2.75, 3.05) is 0 Å². The van der Waals surface area contributed by atoms with E-state index in [0.717, 1.165) is 31.4 Å². The van der Waals surface area contributed by atoms with Gasteiger partial charge in [0.05, 0.1) is 6.04 Å². The summed E-state index contributed by atoms with van der Waals surface area (Å²) < 4.78 is 11.4. The van der Waals surface area contributed by atoms with Crippen molar-refractivity contribution in [3.63, 3.8) is 0 Å². The van der Waals surface area contributed by atoms with Gasteiger partial charge in [0.1, 0.15) is 17.5 Å². The van der Waals surface area contributed by atoms with Crippen molar-refractivity contribution >= 4 is 6.09 Å². The van der Waals surface area contributed by atoms with Crippen molar-refractivity contribution in [2.45, 2.75) is 64.2 Å². The summed E-state index contributed by atoms with van der Waals surface area (Å²) in [5, 5.41) is 2.96. The van der Waals surface area contributed by atoms with E-state index in [1.54, 1.807) is 0 Å². The summed E-state index contributed by atoms with van der Waals surface area (Å²) in [5.74, 6) is 0.848. The molecule has 1 aliphatic carbocycles. The summed E-state index contributed by atoms with van der Waals surface area (Å²) in [6.45, 7) is 5.60. The molecule has 1 aromatic rings. The van der Waals surface area contributed by atoms with Crippen LogP contribution in [0, 0.1) is 0 Å². The summed E-state index contributed by atoms with van der Waals surface area (Å²) in [5.41, 5.74) is -0.478. The van der Waals surface area contributed by atoms with Crippen LogP contribution in [0.3, 0.4) is 0 Å². The van der Waals surface area contributed by atoms with E-state index in [2.05, 4.69) is 5.32 Å². The lowest BCUT2D eigenvalue weighted by molar-refractivity contribution is 0.0402. The second-order valence-corrected chi connectivity index (χ2v) is 6.51. The first-order chi connectivity index (χ1) is 9.94. The number of hydrogen-bond donors (Lipinski definition) is 1. The fraction of sp³-hybridized carbons (Fsp3) is 0.588. The Hall–Kier alpha value is -1.71. The molecule has 1 saturated carbocycles. The van der Waals surface area contributed by atoms with E-state index in [4.69, 9.17) is 9.47 Å². The molecule has 0 aliphatic heterocycles. The highest BCUT2D eigenvalue weighted by Crippen LogP contribution is 2.24. The number of rotatable bonds is 3. The number of para-hydroxylation sites is 1. The van der Waals surface area contributed by atoms with E-state index in [1.165, 1.54) is 0 Å². The van der Waals surface area contributed by atoms with Crippen LogP contribution in [0.5, 0.6) is 5.75 Å². The third kappa shape index (κ3) is 5.29. The average Bonchev–Trinajstić information content (AvgIpc) is 2.40. The number of ether oxygens (including phenoxy) is 2. The lowest BCUT2D eigenvalue weighted by atomic mass is 9.92. The molecule has 0 spiro atoms. The van der Waals surface area contributed by atoms with Crippen molar-refractivity contribution in [2.24, 2.45) is 0 Å². The van der Waals surface area contributed by atoms with Crippen LogP contribution in [0.1, 0.15) is 46.5 Å². The molecule has 1 aliphatic rings. The molecule has 1 aromatic carbocycles. The van der Waals surface area contributed by atoms with Crippen LogP contribution >= 0.6 is 0 Å². The van der Waals surface area contributed by atoms with Crippen molar-refractivity contribution < 1.29 is 14.3 Å². The summed E-state index contributed by atoms with van der Waals surface area (Å²) >= 11 is 0. The Labute approximate surface area is 126 Å². The number of carbonyl (C=O) groups excluding carboxylic acids is 1. The van der Waals surface area contributed by atoms with Gasteiger partial charge in [0.15, 0.2) is 0 Å². The van der Waals surface area contributed by atoms with Gasteiger partial charge in [-0.25, -0.2) is 4.79 Å². The normalized spacial score (nSPS) is 22.4. The van der Waals surface area contributed by atoms with Gasteiger partial charge in [0.25, 0.3) is 0 Å². The zero-order valence-corrected chi connectivity index (χ0v) is 13.1. The molecule has 1 amide bonds. The highest BCUT2D eigenvalue weighted by atomic mass is 16.6. The first-order valence-electron chi connectivity index (χ1n) is 7.65. The highest BCUT2D eigenvalue weighted by molar-refractivity contribution is 5.68. The molecule has 1 N–H and O–H groups in total. The third-order valence-corrected chi connectivity index (χ3v) is 3.44. The van der Waals surface area contributed by atoms with E-state index < -0.39 is 5.60 Å². The highest BCUT2D eigenvalue weighted by Gasteiger charge is 2.29. The van der Waals surface area contributed by atoms with E-state index in [1.807, 2.05) is 51.1 Å². The van der Waals surface area contributed by atoms with Crippen LogP contribution < -0.4 is 10.1 Å². The minimum absolute atomic E-state index is 0.00803. The topological polar surface area (TPSA) is 47.6 Å². The molecule has 2 rings (SSSR count). The second-order valence-electron chi connectivity index (χ2n) is 6.51. The number of carbonyl (C=O) groups is 1. The molecule has 4 heteroatoms. The van der Waals surface area contributed by atoms with Crippen LogP contribution in [0.4, 0.5) is 4.79 Å². The van der Waals surface area contributed by atoms with E-state index in [-0.39, 0.29) is 18.2 Å². The maximum absolute atomic E-state index is 11.9. The summed E-state index contributed by atoms with van der Waals surface area (Å²) in [4.78, 5) is 11.9. The van der Waals surface area contributed by atoms with Gasteiger partial charge in [-0.3, -0.25) is 0 Å². The Morgan fingerprint density at radius 1 is 1.14 bits per heavy atom. The average molecular weight is 291 g/mol. The maximum atomic E-state index is 11.9. The van der Waals surface area contributed by atoms with Crippen molar-refractivity contribution in [1.29, 1.82) is 0 Å². The fourth-order valence-electron chi connectivity index (χ4n) is 2.54. The number of alkyl carbamates (subject to hydrolysis) is 1. The predicted molar refractivity (Wildman–Crippen MR) is 82.5 cm³/mol. The number of hydrogen-bond acceptors (Lipinski definition) is 3. The standard InChI is InChI=1S/C17H25NO3/c1-17(2,3)21-16(19)18-14-11-7-8-12-15(14)20-13-9-5-4-6-10-13/h4-6,9-10,14-15H,7-8,11-12H2,1-3H3,(H,18,19). The van der Waals surface area contributed by atoms with Crippen molar-refractivity contribution in [1.82, 2.24) is 5.32 Å². The lowest BCUT2D eigenvalue weighted by Crippen LogP contribution is -2.49. The molecule has 2 unspecified atom stereocenters. The van der Waals surface area contributed by atoms with Crippen molar-refractivity contribution in [3.05, 3.63) is 30.3 Å². The third-order valence-electron chi connectivity index (χ3n) is 3.44. The number of nitrogens with one attached hydrogen (secondary N) is 1. The quantitative estimate of drug-likeness (QED) is 0.918. The largest absolute Gasteiger partial charge is 0.488 e. The van der Waals surface area contributed by atoms with E-state index >= 15 is 0 Å². The molecular weight excluding hydrogens is 266 g/mol. The smallest absolute Gasteiger partial charge is 0.408 e. The Bertz CT molecular complexity index is 453. The Balaban J connectivity index is 1.94. The molecule has 0 aromatic heterocycles. The molecule has 1 fully saturated rings. The zero-order valence-electron chi connectivity index (χ0n) is 13.1. The van der Waals surface area contributed by atoms with Gasteiger partial charge in [-0.1, -0.05) is 24.6 Å². The number of amides is 1. The summed E-state index contributed by atoms with van der Waals surface area (Å²) in [7, 11) is 0. The lowest BCUT2D eigenvalue weighted by Gasteiger charge is -2.33. The summed E-state index contributed by atoms with van der Waals surface area (Å²) in [6.07, 6.45) is 3.76. The SMILES string of the molecule is CC(C)(C)OC(=O)NC1CCCCC1Oc1ccccc1. The second kappa shape index (κ2) is 6.83. The van der Waals surface area contributed by atoms with Crippen LogP contribution in [-0.2, 0) is 4.74 Å². The van der Waals surface area contributed by atoms with Crippen molar-refractivity contribution in [3.8, 4) is 5.75 Å². The molecule has 2 atom stereocenters. The molecule has 0 heterocycles. The Morgan fingerprint density at radius 3 is 2.48 bits per heavy atom. The molecular formula is C17H25NO3. The Morgan fingerprint density at radius 2 is 1.81 bits per heavy atom. The first kappa shape index (κ1) is 15.7. The fourth-order valence-corrected chi connectivity index (χ4v) is 2.54. The van der Waals surface area contributed by atoms with Crippen LogP contribution in [0.25, 0.3) is 0 Å². The zero-order chi connectivity index (χ0) is 15.3. The maximum Gasteiger partial charge on any atom is 0.408 e. The van der Waals surface area contributed by atoms with E-state index in [9.17, 15) is 4.79 Å². The number of benzene rings is 1. The first-order valence-corrected chi connectivity index (χ1v) is 7.65. The molecule has 0 radical (unpaired) electrons.